The van der Waals surface area contributed by atoms with Crippen LogP contribution in [-0.2, 0) is 11.2 Å². The number of nitrogens with zero attached hydrogens (tertiary/aromatic N) is 1. The Morgan fingerprint density at radius 1 is 1.24 bits per heavy atom. The third-order valence-corrected chi connectivity index (χ3v) is 4.85. The maximum Gasteiger partial charge on any atom is 0.244 e. The Balaban J connectivity index is 1.71. The zero-order chi connectivity index (χ0) is 17.8. The number of allylic oxidation sites excluding steroid dienone is 3. The van der Waals surface area contributed by atoms with E-state index in [2.05, 4.69) is 48.3 Å². The molecule has 128 valence electrons. The first kappa shape index (κ1) is 17.2. The van der Waals surface area contributed by atoms with Crippen molar-refractivity contribution in [3.63, 3.8) is 0 Å². The zero-order valence-electron chi connectivity index (χ0n) is 14.9. The topological polar surface area (TPSA) is 41.5 Å². The summed E-state index contributed by atoms with van der Waals surface area (Å²) in [5, 5.41) is 6.64. The third-order valence-electron chi connectivity index (χ3n) is 4.85. The number of amides is 1. The number of benzene rings is 2. The summed E-state index contributed by atoms with van der Waals surface area (Å²) in [5.74, 6) is 0.325. The van der Waals surface area contributed by atoms with E-state index in [4.69, 9.17) is 0 Å². The molecule has 1 aliphatic rings. The highest BCUT2D eigenvalue weighted by Crippen LogP contribution is 2.26. The molecule has 25 heavy (non-hydrogen) atoms. The molecule has 3 heteroatoms. The highest BCUT2D eigenvalue weighted by Gasteiger charge is 2.18. The molecule has 0 saturated heterocycles. The van der Waals surface area contributed by atoms with Crippen LogP contribution < -0.4 is 5.43 Å². The van der Waals surface area contributed by atoms with Gasteiger partial charge >= 0.3 is 0 Å². The lowest BCUT2D eigenvalue weighted by Crippen LogP contribution is -2.24. The maximum absolute atomic E-state index is 12.4. The minimum Gasteiger partial charge on any atom is -0.273 e. The molecule has 2 aromatic carbocycles. The number of hydrogen-bond donors (Lipinski definition) is 1. The molecular formula is C22H24N2O. The summed E-state index contributed by atoms with van der Waals surface area (Å²) in [6.45, 7) is 8.14. The minimum absolute atomic E-state index is 0.0888. The van der Waals surface area contributed by atoms with Crippen molar-refractivity contribution in [3.05, 3.63) is 71.8 Å². The van der Waals surface area contributed by atoms with Crippen LogP contribution >= 0.6 is 0 Å². The second kappa shape index (κ2) is 7.47. The summed E-state index contributed by atoms with van der Waals surface area (Å²) in [6, 6.07) is 14.2. The quantitative estimate of drug-likeness (QED) is 0.635. The number of rotatable bonds is 4. The van der Waals surface area contributed by atoms with Gasteiger partial charge in [-0.3, -0.25) is 4.79 Å². The molecular weight excluding hydrogens is 308 g/mol. The van der Waals surface area contributed by atoms with Crippen LogP contribution in [0.5, 0.6) is 0 Å². The van der Waals surface area contributed by atoms with E-state index >= 15 is 0 Å². The van der Waals surface area contributed by atoms with Crippen molar-refractivity contribution in [1.82, 2.24) is 5.43 Å². The molecule has 0 heterocycles. The van der Waals surface area contributed by atoms with Crippen molar-refractivity contribution >= 4 is 22.4 Å². The summed E-state index contributed by atoms with van der Waals surface area (Å²) in [4.78, 5) is 12.4. The van der Waals surface area contributed by atoms with Gasteiger partial charge in [0.05, 0.1) is 12.1 Å². The van der Waals surface area contributed by atoms with Crippen molar-refractivity contribution in [2.24, 2.45) is 11.0 Å². The smallest absolute Gasteiger partial charge is 0.244 e. The van der Waals surface area contributed by atoms with Crippen LogP contribution in [0.3, 0.4) is 0 Å². The first-order chi connectivity index (χ1) is 12.0. The van der Waals surface area contributed by atoms with Gasteiger partial charge < -0.3 is 0 Å². The number of hydrazone groups is 1. The molecule has 0 unspecified atom stereocenters. The first-order valence-electron chi connectivity index (χ1n) is 8.69. The fourth-order valence-corrected chi connectivity index (χ4v) is 3.21. The van der Waals surface area contributed by atoms with E-state index in [1.54, 1.807) is 0 Å². The SMILES string of the molecule is C=C(C)[C@@H]1CC=C(C)/C(=N\NC(=O)Cc2cccc3ccccc23)C1. The Morgan fingerprint density at radius 3 is 2.80 bits per heavy atom. The van der Waals surface area contributed by atoms with Crippen LogP contribution in [0.2, 0.25) is 0 Å². The van der Waals surface area contributed by atoms with Gasteiger partial charge in [0.2, 0.25) is 5.91 Å². The molecule has 0 aliphatic heterocycles. The molecule has 0 fully saturated rings. The van der Waals surface area contributed by atoms with Crippen LogP contribution in [0.4, 0.5) is 0 Å². The molecule has 1 aliphatic carbocycles. The predicted octanol–water partition coefficient (Wildman–Crippen LogP) is 4.79. The Kier molecular flexibility index (Phi) is 5.13. The summed E-state index contributed by atoms with van der Waals surface area (Å²) in [5.41, 5.74) is 7.01. The maximum atomic E-state index is 12.4. The fourth-order valence-electron chi connectivity index (χ4n) is 3.21. The van der Waals surface area contributed by atoms with Crippen molar-refractivity contribution in [2.45, 2.75) is 33.1 Å². The van der Waals surface area contributed by atoms with E-state index in [0.29, 0.717) is 12.3 Å². The molecule has 0 bridgehead atoms. The normalized spacial score (nSPS) is 18.9. The lowest BCUT2D eigenvalue weighted by Gasteiger charge is -2.22. The summed E-state index contributed by atoms with van der Waals surface area (Å²) in [6.07, 6.45) is 4.35. The van der Waals surface area contributed by atoms with Gasteiger partial charge in [0.15, 0.2) is 0 Å². The molecule has 0 spiro atoms. The molecule has 0 aromatic heterocycles. The average Bonchev–Trinajstić information content (AvgIpc) is 2.61. The molecule has 3 rings (SSSR count). The van der Waals surface area contributed by atoms with Crippen LogP contribution in [0, 0.1) is 5.92 Å². The monoisotopic (exact) mass is 332 g/mol. The van der Waals surface area contributed by atoms with Gasteiger partial charge in [-0.25, -0.2) is 5.43 Å². The number of carbonyl (C=O) groups excluding carboxylic acids is 1. The predicted molar refractivity (Wildman–Crippen MR) is 105 cm³/mol. The Bertz CT molecular complexity index is 871. The fraction of sp³-hybridized carbons (Fsp3) is 0.273. The molecule has 3 nitrogen and oxygen atoms in total. The van der Waals surface area contributed by atoms with Gasteiger partial charge in [-0.15, -0.1) is 0 Å². The van der Waals surface area contributed by atoms with Gasteiger partial charge in [0.25, 0.3) is 0 Å². The van der Waals surface area contributed by atoms with Crippen LogP contribution in [0.1, 0.15) is 32.3 Å². The molecule has 2 aromatic rings. The zero-order valence-corrected chi connectivity index (χ0v) is 14.9. The van der Waals surface area contributed by atoms with Gasteiger partial charge in [-0.1, -0.05) is 60.7 Å². The van der Waals surface area contributed by atoms with Crippen LogP contribution in [0.15, 0.2) is 71.4 Å². The first-order valence-corrected chi connectivity index (χ1v) is 8.69. The average molecular weight is 332 g/mol. The molecule has 0 radical (unpaired) electrons. The van der Waals surface area contributed by atoms with Crippen LogP contribution in [0.25, 0.3) is 10.8 Å². The molecule has 1 N–H and O–H groups in total. The number of carbonyl (C=O) groups is 1. The van der Waals surface area contributed by atoms with Gasteiger partial charge in [-0.2, -0.15) is 5.10 Å². The second-order valence-electron chi connectivity index (χ2n) is 6.78. The van der Waals surface area contributed by atoms with Gasteiger partial charge in [0.1, 0.15) is 0 Å². The highest BCUT2D eigenvalue weighted by atomic mass is 16.2. The summed E-state index contributed by atoms with van der Waals surface area (Å²) >= 11 is 0. The second-order valence-corrected chi connectivity index (χ2v) is 6.78. The molecule has 1 atom stereocenters. The summed E-state index contributed by atoms with van der Waals surface area (Å²) < 4.78 is 0. The number of nitrogens with one attached hydrogen (secondary N) is 1. The van der Waals surface area contributed by atoms with E-state index in [1.165, 1.54) is 5.57 Å². The lowest BCUT2D eigenvalue weighted by atomic mass is 9.85. The van der Waals surface area contributed by atoms with Crippen molar-refractivity contribution in [1.29, 1.82) is 0 Å². The van der Waals surface area contributed by atoms with Crippen molar-refractivity contribution in [2.75, 3.05) is 0 Å². The van der Waals surface area contributed by atoms with E-state index < -0.39 is 0 Å². The van der Waals surface area contributed by atoms with E-state index in [-0.39, 0.29) is 5.91 Å². The van der Waals surface area contributed by atoms with Gasteiger partial charge in [-0.05, 0) is 54.5 Å². The van der Waals surface area contributed by atoms with Crippen LogP contribution in [-0.4, -0.2) is 11.6 Å². The van der Waals surface area contributed by atoms with Gasteiger partial charge in [0, 0.05) is 0 Å². The number of hydrogen-bond acceptors (Lipinski definition) is 2. The Morgan fingerprint density at radius 2 is 2.00 bits per heavy atom. The van der Waals surface area contributed by atoms with Crippen molar-refractivity contribution < 1.29 is 4.79 Å². The Hall–Kier alpha value is -2.68. The van der Waals surface area contributed by atoms with E-state index in [0.717, 1.165) is 40.5 Å². The van der Waals surface area contributed by atoms with E-state index in [1.807, 2.05) is 31.2 Å². The summed E-state index contributed by atoms with van der Waals surface area (Å²) in [7, 11) is 0. The lowest BCUT2D eigenvalue weighted by molar-refractivity contribution is -0.120. The number of fused-ring (bicyclic) bond motifs is 1. The van der Waals surface area contributed by atoms with E-state index in [9.17, 15) is 4.79 Å². The molecule has 0 saturated carbocycles. The Labute approximate surface area is 149 Å². The standard InChI is InChI=1S/C22H24N2O/c1-15(2)18-12-11-16(3)21(13-18)23-24-22(25)14-19-9-6-8-17-7-4-5-10-20(17)19/h4-11,18H,1,12-14H2,2-3H3,(H,24,25)/b23-21-/t18-/m1/s1. The molecule has 1 amide bonds. The third kappa shape index (κ3) is 4.05. The minimum atomic E-state index is -0.0888. The highest BCUT2D eigenvalue weighted by molar-refractivity contribution is 6.01. The largest absolute Gasteiger partial charge is 0.273 e. The van der Waals surface area contributed by atoms with Crippen molar-refractivity contribution in [3.8, 4) is 0 Å².